The lowest BCUT2D eigenvalue weighted by atomic mass is 10.0. The van der Waals surface area contributed by atoms with Crippen molar-refractivity contribution in [2.24, 2.45) is 0 Å². The van der Waals surface area contributed by atoms with E-state index in [0.717, 1.165) is 12.8 Å². The van der Waals surface area contributed by atoms with Crippen LogP contribution in [-0.4, -0.2) is 40.6 Å². The number of rotatable bonds is 4. The molecule has 1 fully saturated rings. The summed E-state index contributed by atoms with van der Waals surface area (Å²) in [6.07, 6.45) is 2.23. The molecule has 1 aromatic rings. The summed E-state index contributed by atoms with van der Waals surface area (Å²) in [4.78, 5) is 25.3. The van der Waals surface area contributed by atoms with Gasteiger partial charge in [0.15, 0.2) is 0 Å². The maximum atomic E-state index is 12.6. The van der Waals surface area contributed by atoms with E-state index in [0.29, 0.717) is 24.3 Å². The summed E-state index contributed by atoms with van der Waals surface area (Å²) in [5.41, 5.74) is 0.473. The lowest BCUT2D eigenvalue weighted by molar-refractivity contribution is -0.143. The van der Waals surface area contributed by atoms with Crippen LogP contribution in [0.15, 0.2) is 24.3 Å². The second-order valence-corrected chi connectivity index (χ2v) is 5.54. The van der Waals surface area contributed by atoms with E-state index in [4.69, 9.17) is 4.74 Å². The minimum absolute atomic E-state index is 0.0251. The van der Waals surface area contributed by atoms with Gasteiger partial charge in [-0.25, -0.2) is 4.79 Å². The molecule has 0 radical (unpaired) electrons. The molecule has 0 unspecified atom stereocenters. The van der Waals surface area contributed by atoms with Crippen LogP contribution in [0.5, 0.6) is 5.75 Å². The molecule has 1 aromatic carbocycles. The van der Waals surface area contributed by atoms with Gasteiger partial charge in [-0.15, -0.1) is 0 Å². The third-order valence-corrected chi connectivity index (χ3v) is 3.50. The second-order valence-electron chi connectivity index (χ2n) is 5.54. The number of carboxylic acid groups (broad SMARTS) is 1. The number of ether oxygens (including phenoxy) is 1. The van der Waals surface area contributed by atoms with Gasteiger partial charge in [0.05, 0.1) is 6.10 Å². The van der Waals surface area contributed by atoms with Crippen LogP contribution in [0.4, 0.5) is 0 Å². The van der Waals surface area contributed by atoms with Crippen LogP contribution in [0.3, 0.4) is 0 Å². The molecular weight excluding hydrogens is 270 g/mol. The number of aliphatic carboxylic acids is 1. The van der Waals surface area contributed by atoms with Crippen LogP contribution in [-0.2, 0) is 4.79 Å². The van der Waals surface area contributed by atoms with Crippen molar-refractivity contribution in [1.82, 2.24) is 4.90 Å². The molecule has 0 aliphatic carbocycles. The molecule has 2 rings (SSSR count). The Kier molecular flexibility index (Phi) is 4.83. The number of carbonyl (C=O) groups is 2. The molecular formula is C16H21NO4. The van der Waals surface area contributed by atoms with Gasteiger partial charge in [0.1, 0.15) is 11.8 Å². The molecule has 21 heavy (non-hydrogen) atoms. The van der Waals surface area contributed by atoms with Gasteiger partial charge in [0.25, 0.3) is 5.91 Å². The third kappa shape index (κ3) is 3.74. The molecule has 5 heteroatoms. The van der Waals surface area contributed by atoms with Gasteiger partial charge in [-0.3, -0.25) is 4.79 Å². The van der Waals surface area contributed by atoms with Gasteiger partial charge in [-0.05, 0) is 51.3 Å². The van der Waals surface area contributed by atoms with Gasteiger partial charge in [0.2, 0.25) is 0 Å². The lowest BCUT2D eigenvalue weighted by Crippen LogP contribution is -2.47. The fourth-order valence-electron chi connectivity index (χ4n) is 2.57. The predicted octanol–water partition coefficient (Wildman–Crippen LogP) is 2.55. The molecule has 1 N–H and O–H groups in total. The van der Waals surface area contributed by atoms with Crippen molar-refractivity contribution in [3.05, 3.63) is 29.8 Å². The second kappa shape index (κ2) is 6.61. The number of carbonyl (C=O) groups excluding carboxylic acids is 1. The predicted molar refractivity (Wildman–Crippen MR) is 78.5 cm³/mol. The van der Waals surface area contributed by atoms with Gasteiger partial charge >= 0.3 is 5.97 Å². The lowest BCUT2D eigenvalue weighted by Gasteiger charge is -2.33. The zero-order chi connectivity index (χ0) is 15.4. The quantitative estimate of drug-likeness (QED) is 0.925. The average molecular weight is 291 g/mol. The third-order valence-electron chi connectivity index (χ3n) is 3.50. The molecule has 1 saturated heterocycles. The Hall–Kier alpha value is -2.04. The highest BCUT2D eigenvalue weighted by Crippen LogP contribution is 2.22. The van der Waals surface area contributed by atoms with Gasteiger partial charge in [-0.2, -0.15) is 0 Å². The van der Waals surface area contributed by atoms with E-state index in [2.05, 4.69) is 0 Å². The molecule has 5 nitrogen and oxygen atoms in total. The van der Waals surface area contributed by atoms with E-state index in [9.17, 15) is 14.7 Å². The number of carboxylic acids is 1. The van der Waals surface area contributed by atoms with Gasteiger partial charge in [-0.1, -0.05) is 6.07 Å². The van der Waals surface area contributed by atoms with E-state index in [1.807, 2.05) is 13.8 Å². The van der Waals surface area contributed by atoms with Gasteiger partial charge in [0, 0.05) is 12.1 Å². The van der Waals surface area contributed by atoms with Crippen molar-refractivity contribution in [3.8, 4) is 5.75 Å². The molecule has 0 bridgehead atoms. The Balaban J connectivity index is 2.20. The standard InChI is InChI=1S/C16H21NO4/c1-11(2)21-13-7-5-6-12(10-13)15(18)17-9-4-3-8-14(17)16(19)20/h5-7,10-11,14H,3-4,8-9H2,1-2H3,(H,19,20)/t14-/m0/s1. The van der Waals surface area contributed by atoms with E-state index >= 15 is 0 Å². The highest BCUT2D eigenvalue weighted by molar-refractivity contribution is 5.97. The number of likely N-dealkylation sites (tertiary alicyclic amines) is 1. The van der Waals surface area contributed by atoms with Crippen LogP contribution in [0.25, 0.3) is 0 Å². The SMILES string of the molecule is CC(C)Oc1cccc(C(=O)N2CCCC[C@H]2C(=O)O)c1. The Morgan fingerprint density at radius 3 is 2.76 bits per heavy atom. The maximum Gasteiger partial charge on any atom is 0.326 e. The van der Waals surface area contributed by atoms with Crippen LogP contribution < -0.4 is 4.74 Å². The highest BCUT2D eigenvalue weighted by Gasteiger charge is 2.32. The molecule has 0 spiro atoms. The summed E-state index contributed by atoms with van der Waals surface area (Å²) in [7, 11) is 0. The van der Waals surface area contributed by atoms with Crippen LogP contribution in [0, 0.1) is 0 Å². The van der Waals surface area contributed by atoms with Crippen LogP contribution in [0.2, 0.25) is 0 Å². The summed E-state index contributed by atoms with van der Waals surface area (Å²) in [6, 6.07) is 6.20. The van der Waals surface area contributed by atoms with Crippen molar-refractivity contribution in [2.75, 3.05) is 6.54 Å². The largest absolute Gasteiger partial charge is 0.491 e. The first-order valence-corrected chi connectivity index (χ1v) is 7.29. The fourth-order valence-corrected chi connectivity index (χ4v) is 2.57. The zero-order valence-corrected chi connectivity index (χ0v) is 12.4. The number of hydrogen-bond donors (Lipinski definition) is 1. The van der Waals surface area contributed by atoms with Crippen LogP contribution in [0.1, 0.15) is 43.5 Å². The zero-order valence-electron chi connectivity index (χ0n) is 12.4. The van der Waals surface area contributed by atoms with Crippen molar-refractivity contribution < 1.29 is 19.4 Å². The molecule has 0 saturated carbocycles. The summed E-state index contributed by atoms with van der Waals surface area (Å²) >= 11 is 0. The monoisotopic (exact) mass is 291 g/mol. The number of amides is 1. The smallest absolute Gasteiger partial charge is 0.326 e. The minimum atomic E-state index is -0.933. The van der Waals surface area contributed by atoms with Crippen molar-refractivity contribution in [3.63, 3.8) is 0 Å². The first-order chi connectivity index (χ1) is 9.99. The molecule has 1 amide bonds. The molecule has 0 aromatic heterocycles. The van der Waals surface area contributed by atoms with Crippen molar-refractivity contribution in [2.45, 2.75) is 45.3 Å². The van der Waals surface area contributed by atoms with E-state index in [1.165, 1.54) is 4.90 Å². The number of benzene rings is 1. The number of nitrogens with zero attached hydrogens (tertiary/aromatic N) is 1. The van der Waals surface area contributed by atoms with Gasteiger partial charge < -0.3 is 14.7 Å². The van der Waals surface area contributed by atoms with E-state index in [-0.39, 0.29) is 12.0 Å². The van der Waals surface area contributed by atoms with E-state index in [1.54, 1.807) is 24.3 Å². The minimum Gasteiger partial charge on any atom is -0.491 e. The Morgan fingerprint density at radius 1 is 1.33 bits per heavy atom. The average Bonchev–Trinajstić information content (AvgIpc) is 2.46. The molecule has 1 atom stereocenters. The van der Waals surface area contributed by atoms with Crippen LogP contribution >= 0.6 is 0 Å². The van der Waals surface area contributed by atoms with Crippen molar-refractivity contribution >= 4 is 11.9 Å². The first-order valence-electron chi connectivity index (χ1n) is 7.29. The van der Waals surface area contributed by atoms with E-state index < -0.39 is 12.0 Å². The normalized spacial score (nSPS) is 18.6. The topological polar surface area (TPSA) is 66.8 Å². The first kappa shape index (κ1) is 15.4. The highest BCUT2D eigenvalue weighted by atomic mass is 16.5. The molecule has 1 aliphatic heterocycles. The Bertz CT molecular complexity index is 527. The summed E-state index contributed by atoms with van der Waals surface area (Å²) in [5.74, 6) is -0.548. The summed E-state index contributed by atoms with van der Waals surface area (Å²) < 4.78 is 5.58. The summed E-state index contributed by atoms with van der Waals surface area (Å²) in [5, 5.41) is 9.26. The Morgan fingerprint density at radius 2 is 2.10 bits per heavy atom. The number of piperidine rings is 1. The molecule has 1 aliphatic rings. The number of hydrogen-bond acceptors (Lipinski definition) is 3. The van der Waals surface area contributed by atoms with Crippen molar-refractivity contribution in [1.29, 1.82) is 0 Å². The fraction of sp³-hybridized carbons (Fsp3) is 0.500. The summed E-state index contributed by atoms with van der Waals surface area (Å²) in [6.45, 7) is 4.32. The molecule has 114 valence electrons. The molecule has 1 heterocycles. The maximum absolute atomic E-state index is 12.6. The Labute approximate surface area is 124 Å².